The molecule has 0 aliphatic rings. The first-order valence-corrected chi connectivity index (χ1v) is 10.3. The van der Waals surface area contributed by atoms with Crippen molar-refractivity contribution in [2.75, 3.05) is 90.4 Å². The van der Waals surface area contributed by atoms with Gasteiger partial charge in [0.15, 0.2) is 0 Å². The summed E-state index contributed by atoms with van der Waals surface area (Å²) in [5, 5.41) is 70.3. The Kier molecular flexibility index (Phi) is 30.3. The molecule has 0 heterocycles. The molecule has 0 saturated heterocycles. The van der Waals surface area contributed by atoms with Crippen LogP contribution in [-0.2, 0) is 9.59 Å². The highest BCUT2D eigenvalue weighted by atomic mass is 32.2. The molecular formula is C16H36N2O10S. The van der Waals surface area contributed by atoms with Crippen LogP contribution in [0.15, 0.2) is 0 Å². The summed E-state index contributed by atoms with van der Waals surface area (Å²) in [7, 11) is 0. The Hall–Kier alpha value is -1.03. The number of carbonyl (C=O) groups is 2. The number of aliphatic hydroxyl groups excluding tert-OH is 6. The Morgan fingerprint density at radius 2 is 0.759 bits per heavy atom. The Labute approximate surface area is 175 Å². The number of nitrogens with one attached hydrogen (secondary N) is 2. The lowest BCUT2D eigenvalue weighted by Gasteiger charge is -2.15. The first-order valence-electron chi connectivity index (χ1n) is 9.12. The molecule has 176 valence electrons. The molecule has 0 atom stereocenters. The van der Waals surface area contributed by atoms with E-state index in [0.29, 0.717) is 39.3 Å². The summed E-state index contributed by atoms with van der Waals surface area (Å²) in [5.74, 6) is -3.12. The van der Waals surface area contributed by atoms with Gasteiger partial charge in [0.25, 0.3) is 0 Å². The summed E-state index contributed by atoms with van der Waals surface area (Å²) >= 11 is 0.745. The highest BCUT2D eigenvalue weighted by Gasteiger charge is 2.04. The molecule has 0 fully saturated rings. The van der Waals surface area contributed by atoms with Gasteiger partial charge in [-0.25, -0.2) is 0 Å². The number of rotatable bonds is 16. The number of carboxylic acid groups (broad SMARTS) is 2. The predicted molar refractivity (Wildman–Crippen MR) is 101 cm³/mol. The highest BCUT2D eigenvalue weighted by Crippen LogP contribution is 1.94. The van der Waals surface area contributed by atoms with Crippen LogP contribution < -0.4 is 20.0 Å². The SMILES string of the molecule is O=C([O-])CSCC(=O)[O-].OCC[NH+](CCO)CCO.OCC[NH+](CCO)CCO. The number of carboxylic acids is 2. The fraction of sp³-hybridized carbons (Fsp3) is 0.875. The van der Waals surface area contributed by atoms with E-state index in [1.807, 2.05) is 0 Å². The first kappa shape index (κ1) is 32.6. The second kappa shape index (κ2) is 27.0. The molecule has 0 unspecified atom stereocenters. The molecule has 12 nitrogen and oxygen atoms in total. The zero-order valence-electron chi connectivity index (χ0n) is 16.6. The number of aliphatic carboxylic acids is 2. The third-order valence-corrected chi connectivity index (χ3v) is 4.11. The maximum Gasteiger partial charge on any atom is 0.101 e. The largest absolute Gasteiger partial charge is 0.549 e. The molecule has 0 bridgehead atoms. The van der Waals surface area contributed by atoms with Crippen LogP contribution in [-0.4, -0.2) is 133 Å². The van der Waals surface area contributed by atoms with E-state index >= 15 is 0 Å². The number of quaternary nitrogens is 2. The Morgan fingerprint density at radius 3 is 0.897 bits per heavy atom. The first-order chi connectivity index (χ1) is 13.8. The average Bonchev–Trinajstić information content (AvgIpc) is 2.63. The third kappa shape index (κ3) is 31.9. The minimum absolute atomic E-state index is 0.106. The van der Waals surface area contributed by atoms with Gasteiger partial charge < -0.3 is 60.2 Å². The lowest BCUT2D eigenvalue weighted by atomic mass is 10.4. The molecule has 0 aliphatic carbocycles. The summed E-state index contributed by atoms with van der Waals surface area (Å²) in [5.41, 5.74) is 0. The maximum atomic E-state index is 9.64. The monoisotopic (exact) mass is 448 g/mol. The summed E-state index contributed by atoms with van der Waals surface area (Å²) in [4.78, 5) is 21.3. The molecule has 8 N–H and O–H groups in total. The second-order valence-corrected chi connectivity index (χ2v) is 6.56. The minimum Gasteiger partial charge on any atom is -0.549 e. The summed E-state index contributed by atoms with van der Waals surface area (Å²) in [6.07, 6.45) is 0. The smallest absolute Gasteiger partial charge is 0.101 e. The van der Waals surface area contributed by atoms with Gasteiger partial charge in [0.05, 0.1) is 51.6 Å². The van der Waals surface area contributed by atoms with Crippen LogP contribution in [0.25, 0.3) is 0 Å². The van der Waals surface area contributed by atoms with Crippen LogP contribution in [0, 0.1) is 0 Å². The molecule has 0 aromatic heterocycles. The number of hydrogen-bond donors (Lipinski definition) is 8. The minimum atomic E-state index is -1.26. The van der Waals surface area contributed by atoms with Crippen LogP contribution in [0.2, 0.25) is 0 Å². The number of carbonyl (C=O) groups excluding carboxylic acids is 2. The molecule has 0 saturated carbocycles. The number of aliphatic hydroxyl groups is 6. The number of hydrogen-bond acceptors (Lipinski definition) is 11. The topological polar surface area (TPSA) is 211 Å². The van der Waals surface area contributed by atoms with Gasteiger partial charge in [-0.2, -0.15) is 0 Å². The van der Waals surface area contributed by atoms with E-state index in [-0.39, 0.29) is 51.1 Å². The molecule has 0 aromatic rings. The van der Waals surface area contributed by atoms with Gasteiger partial charge in [-0.15, -0.1) is 11.8 Å². The van der Waals surface area contributed by atoms with Gasteiger partial charge in [-0.1, -0.05) is 0 Å². The van der Waals surface area contributed by atoms with Crippen molar-refractivity contribution in [2.45, 2.75) is 0 Å². The lowest BCUT2D eigenvalue weighted by molar-refractivity contribution is -0.901. The van der Waals surface area contributed by atoms with E-state index in [9.17, 15) is 19.8 Å². The molecule has 0 radical (unpaired) electrons. The molecule has 0 aromatic carbocycles. The van der Waals surface area contributed by atoms with Gasteiger partial charge in [0.1, 0.15) is 39.3 Å². The van der Waals surface area contributed by atoms with Gasteiger partial charge >= 0.3 is 0 Å². The third-order valence-electron chi connectivity index (χ3n) is 3.23. The molecule has 0 spiro atoms. The van der Waals surface area contributed by atoms with Crippen LogP contribution in [0.3, 0.4) is 0 Å². The molecule has 0 amide bonds. The Bertz CT molecular complexity index is 306. The number of thioether (sulfide) groups is 1. The zero-order chi connectivity index (χ0) is 22.9. The zero-order valence-corrected chi connectivity index (χ0v) is 17.4. The van der Waals surface area contributed by atoms with Crippen LogP contribution in [0.1, 0.15) is 0 Å². The molecular weight excluding hydrogens is 412 g/mol. The van der Waals surface area contributed by atoms with E-state index in [1.54, 1.807) is 0 Å². The quantitative estimate of drug-likeness (QED) is 0.111. The predicted octanol–water partition coefficient (Wildman–Crippen LogP) is -9.08. The maximum absolute atomic E-state index is 9.64. The fourth-order valence-electron chi connectivity index (χ4n) is 1.92. The van der Waals surface area contributed by atoms with Gasteiger partial charge in [-0.05, 0) is 0 Å². The average molecular weight is 449 g/mol. The van der Waals surface area contributed by atoms with Crippen molar-refractivity contribution in [2.24, 2.45) is 0 Å². The van der Waals surface area contributed by atoms with Crippen molar-refractivity contribution in [1.82, 2.24) is 0 Å². The highest BCUT2D eigenvalue weighted by molar-refractivity contribution is 8.00. The van der Waals surface area contributed by atoms with Gasteiger partial charge in [0.2, 0.25) is 0 Å². The summed E-state index contributed by atoms with van der Waals surface area (Å²) < 4.78 is 0. The van der Waals surface area contributed by atoms with Crippen molar-refractivity contribution < 1.29 is 60.2 Å². The molecule has 29 heavy (non-hydrogen) atoms. The van der Waals surface area contributed by atoms with Gasteiger partial charge in [-0.3, -0.25) is 0 Å². The van der Waals surface area contributed by atoms with E-state index in [2.05, 4.69) is 0 Å². The Morgan fingerprint density at radius 1 is 0.552 bits per heavy atom. The fourth-order valence-corrected chi connectivity index (χ4v) is 2.35. The lowest BCUT2D eigenvalue weighted by Crippen LogP contribution is -3.13. The van der Waals surface area contributed by atoms with Crippen molar-refractivity contribution in [1.29, 1.82) is 0 Å². The summed E-state index contributed by atoms with van der Waals surface area (Å²) in [6.45, 7) is 4.23. The molecule has 13 heteroatoms. The van der Waals surface area contributed by atoms with Crippen molar-refractivity contribution in [3.8, 4) is 0 Å². The molecule has 0 rings (SSSR count). The van der Waals surface area contributed by atoms with Crippen LogP contribution in [0.4, 0.5) is 0 Å². The summed E-state index contributed by atoms with van der Waals surface area (Å²) in [6, 6.07) is 0. The van der Waals surface area contributed by atoms with Crippen molar-refractivity contribution >= 4 is 23.7 Å². The van der Waals surface area contributed by atoms with Crippen molar-refractivity contribution in [3.63, 3.8) is 0 Å². The van der Waals surface area contributed by atoms with E-state index in [4.69, 9.17) is 30.6 Å². The Balaban J connectivity index is -0.000000350. The molecule has 0 aliphatic heterocycles. The van der Waals surface area contributed by atoms with E-state index in [1.165, 1.54) is 0 Å². The van der Waals surface area contributed by atoms with Crippen LogP contribution in [0.5, 0.6) is 0 Å². The van der Waals surface area contributed by atoms with E-state index in [0.717, 1.165) is 21.6 Å². The van der Waals surface area contributed by atoms with Crippen LogP contribution >= 0.6 is 11.8 Å². The second-order valence-electron chi connectivity index (χ2n) is 5.58. The van der Waals surface area contributed by atoms with Crippen molar-refractivity contribution in [3.05, 3.63) is 0 Å². The van der Waals surface area contributed by atoms with Gasteiger partial charge in [0, 0.05) is 11.5 Å². The standard InChI is InChI=1S/2C6H15NO3.C4H6O4S/c2*8-4-1-7(2-5-9)3-6-10;5-3(6)1-9-2-4(7)8/h2*8-10H,1-6H2;1-2H2,(H,5,6)(H,7,8). The van der Waals surface area contributed by atoms with E-state index < -0.39 is 11.9 Å². The normalized spacial score (nSPS) is 10.2.